The molecule has 0 saturated carbocycles. The quantitative estimate of drug-likeness (QED) is 0.753. The van der Waals surface area contributed by atoms with E-state index in [4.69, 9.17) is 27.9 Å². The number of rotatable bonds is 4. The summed E-state index contributed by atoms with van der Waals surface area (Å²) in [6, 6.07) is 13.2. The van der Waals surface area contributed by atoms with Gasteiger partial charge in [-0.2, -0.15) is 0 Å². The first kappa shape index (κ1) is 19.3. The minimum Gasteiger partial charge on any atom is -0.463 e. The SMILES string of the molecule is CCOC(=O)C1=C(c2ccccc2)N(C)C(=O)NC1c1cccc(Cl)c1Cl. The van der Waals surface area contributed by atoms with Crippen molar-refractivity contribution in [2.24, 2.45) is 0 Å². The van der Waals surface area contributed by atoms with E-state index in [-0.39, 0.29) is 17.7 Å². The van der Waals surface area contributed by atoms with E-state index in [1.165, 1.54) is 4.90 Å². The number of nitrogens with zero attached hydrogens (tertiary/aromatic N) is 1. The molecule has 0 fully saturated rings. The van der Waals surface area contributed by atoms with E-state index in [1.54, 1.807) is 32.2 Å². The molecule has 1 aliphatic rings. The molecule has 0 spiro atoms. The van der Waals surface area contributed by atoms with Crippen molar-refractivity contribution in [3.05, 3.63) is 75.3 Å². The minimum atomic E-state index is -0.783. The molecule has 0 aliphatic carbocycles. The number of carbonyl (C=O) groups is 2. The maximum Gasteiger partial charge on any atom is 0.338 e. The zero-order valence-electron chi connectivity index (χ0n) is 14.8. The van der Waals surface area contributed by atoms with E-state index >= 15 is 0 Å². The predicted molar refractivity (Wildman–Crippen MR) is 105 cm³/mol. The number of benzene rings is 2. The van der Waals surface area contributed by atoms with Gasteiger partial charge in [-0.3, -0.25) is 4.90 Å². The van der Waals surface area contributed by atoms with Crippen LogP contribution in [0.25, 0.3) is 5.70 Å². The largest absolute Gasteiger partial charge is 0.463 e. The van der Waals surface area contributed by atoms with Crippen molar-refractivity contribution in [3.8, 4) is 0 Å². The average molecular weight is 405 g/mol. The van der Waals surface area contributed by atoms with Gasteiger partial charge in [-0.05, 0) is 24.1 Å². The highest BCUT2D eigenvalue weighted by atomic mass is 35.5. The first-order chi connectivity index (χ1) is 13.0. The Balaban J connectivity index is 2.28. The molecule has 0 saturated heterocycles. The first-order valence-corrected chi connectivity index (χ1v) is 9.16. The molecule has 0 aromatic heterocycles. The standard InChI is InChI=1S/C20H18Cl2N2O3/c1-3-27-19(25)15-17(13-10-7-11-14(21)16(13)22)23-20(26)24(2)18(15)12-8-5-4-6-9-12/h4-11,17H,3H2,1-2H3,(H,23,26). The van der Waals surface area contributed by atoms with Gasteiger partial charge in [-0.1, -0.05) is 65.7 Å². The summed E-state index contributed by atoms with van der Waals surface area (Å²) in [5.41, 5.74) is 2.02. The van der Waals surface area contributed by atoms with E-state index in [9.17, 15) is 9.59 Å². The van der Waals surface area contributed by atoms with Crippen LogP contribution in [-0.2, 0) is 9.53 Å². The molecule has 27 heavy (non-hydrogen) atoms. The fourth-order valence-electron chi connectivity index (χ4n) is 3.06. The number of esters is 1. The topological polar surface area (TPSA) is 58.6 Å². The van der Waals surface area contributed by atoms with Crippen LogP contribution in [0.15, 0.2) is 54.1 Å². The zero-order valence-corrected chi connectivity index (χ0v) is 16.3. The van der Waals surface area contributed by atoms with E-state index in [2.05, 4.69) is 5.32 Å². The molecular weight excluding hydrogens is 387 g/mol. The molecule has 1 unspecified atom stereocenters. The van der Waals surface area contributed by atoms with E-state index in [1.807, 2.05) is 30.3 Å². The van der Waals surface area contributed by atoms with Crippen LogP contribution in [0.1, 0.15) is 24.1 Å². The third-order valence-electron chi connectivity index (χ3n) is 4.29. The second-order valence-corrected chi connectivity index (χ2v) is 6.72. The molecule has 2 aromatic rings. The van der Waals surface area contributed by atoms with Crippen LogP contribution in [0.4, 0.5) is 4.79 Å². The zero-order chi connectivity index (χ0) is 19.6. The molecule has 5 nitrogen and oxygen atoms in total. The highest BCUT2D eigenvalue weighted by Crippen LogP contribution is 2.39. The summed E-state index contributed by atoms with van der Waals surface area (Å²) in [5, 5.41) is 3.45. The lowest BCUT2D eigenvalue weighted by molar-refractivity contribution is -0.138. The fraction of sp³-hybridized carbons (Fsp3) is 0.200. The summed E-state index contributed by atoms with van der Waals surface area (Å²) in [4.78, 5) is 26.9. The van der Waals surface area contributed by atoms with Gasteiger partial charge >= 0.3 is 12.0 Å². The molecule has 2 amide bonds. The molecule has 140 valence electrons. The Morgan fingerprint density at radius 1 is 1.15 bits per heavy atom. The van der Waals surface area contributed by atoms with E-state index in [0.717, 1.165) is 5.56 Å². The molecule has 0 bridgehead atoms. The van der Waals surface area contributed by atoms with Crippen molar-refractivity contribution >= 4 is 40.9 Å². The van der Waals surface area contributed by atoms with Crippen molar-refractivity contribution in [1.29, 1.82) is 0 Å². The Labute approximate surface area is 167 Å². The van der Waals surface area contributed by atoms with Crippen molar-refractivity contribution in [3.63, 3.8) is 0 Å². The normalized spacial score (nSPS) is 17.0. The lowest BCUT2D eigenvalue weighted by atomic mass is 9.92. The lowest BCUT2D eigenvalue weighted by Crippen LogP contribution is -2.46. The molecule has 1 heterocycles. The second kappa shape index (κ2) is 8.03. The Morgan fingerprint density at radius 3 is 2.52 bits per heavy atom. The smallest absolute Gasteiger partial charge is 0.338 e. The van der Waals surface area contributed by atoms with Gasteiger partial charge in [0, 0.05) is 7.05 Å². The van der Waals surface area contributed by atoms with Crippen LogP contribution in [0.3, 0.4) is 0 Å². The summed E-state index contributed by atoms with van der Waals surface area (Å²) in [7, 11) is 1.60. The third-order valence-corrected chi connectivity index (χ3v) is 5.12. The number of hydrogen-bond donors (Lipinski definition) is 1. The Kier molecular flexibility index (Phi) is 5.73. The number of carbonyl (C=O) groups excluding carboxylic acids is 2. The van der Waals surface area contributed by atoms with Gasteiger partial charge in [0.15, 0.2) is 0 Å². The molecule has 0 radical (unpaired) electrons. The maximum atomic E-state index is 12.9. The number of halogens is 2. The van der Waals surface area contributed by atoms with Crippen LogP contribution >= 0.6 is 23.2 Å². The van der Waals surface area contributed by atoms with Gasteiger partial charge in [0.2, 0.25) is 0 Å². The number of amides is 2. The predicted octanol–water partition coefficient (Wildman–Crippen LogP) is 4.66. The van der Waals surface area contributed by atoms with Crippen molar-refractivity contribution < 1.29 is 14.3 Å². The molecule has 3 rings (SSSR count). The highest BCUT2D eigenvalue weighted by Gasteiger charge is 2.38. The van der Waals surface area contributed by atoms with Gasteiger partial charge in [-0.25, -0.2) is 9.59 Å². The fourth-order valence-corrected chi connectivity index (χ4v) is 3.47. The Morgan fingerprint density at radius 2 is 1.85 bits per heavy atom. The molecule has 7 heteroatoms. The van der Waals surface area contributed by atoms with Crippen LogP contribution in [0.2, 0.25) is 10.0 Å². The molecular formula is C20H18Cl2N2O3. The van der Waals surface area contributed by atoms with Gasteiger partial charge in [0.25, 0.3) is 0 Å². The van der Waals surface area contributed by atoms with Gasteiger partial charge < -0.3 is 10.1 Å². The number of ether oxygens (including phenoxy) is 1. The second-order valence-electron chi connectivity index (χ2n) is 5.93. The van der Waals surface area contributed by atoms with Crippen molar-refractivity contribution in [1.82, 2.24) is 10.2 Å². The summed E-state index contributed by atoms with van der Waals surface area (Å²) in [5.74, 6) is -0.524. The van der Waals surface area contributed by atoms with Crippen LogP contribution in [0, 0.1) is 0 Å². The van der Waals surface area contributed by atoms with Gasteiger partial charge in [0.1, 0.15) is 0 Å². The molecule has 1 N–H and O–H groups in total. The lowest BCUT2D eigenvalue weighted by Gasteiger charge is -2.35. The van der Waals surface area contributed by atoms with Crippen LogP contribution in [-0.4, -0.2) is 30.6 Å². The monoisotopic (exact) mass is 404 g/mol. The number of hydrogen-bond acceptors (Lipinski definition) is 3. The summed E-state index contributed by atoms with van der Waals surface area (Å²) >= 11 is 12.5. The van der Waals surface area contributed by atoms with Gasteiger partial charge in [0.05, 0.1) is 34.0 Å². The highest BCUT2D eigenvalue weighted by molar-refractivity contribution is 6.42. The van der Waals surface area contributed by atoms with Gasteiger partial charge in [-0.15, -0.1) is 0 Å². The third kappa shape index (κ3) is 3.66. The maximum absolute atomic E-state index is 12.9. The summed E-state index contributed by atoms with van der Waals surface area (Å²) < 4.78 is 5.29. The van der Waals surface area contributed by atoms with Crippen LogP contribution in [0.5, 0.6) is 0 Å². The van der Waals surface area contributed by atoms with Crippen LogP contribution < -0.4 is 5.32 Å². The summed E-state index contributed by atoms with van der Waals surface area (Å²) in [6.45, 7) is 1.94. The number of urea groups is 1. The van der Waals surface area contributed by atoms with E-state index in [0.29, 0.717) is 21.9 Å². The van der Waals surface area contributed by atoms with E-state index < -0.39 is 12.0 Å². The molecule has 2 aromatic carbocycles. The van der Waals surface area contributed by atoms with Crippen molar-refractivity contribution in [2.45, 2.75) is 13.0 Å². The summed E-state index contributed by atoms with van der Waals surface area (Å²) in [6.07, 6.45) is 0. The Bertz CT molecular complexity index is 913. The average Bonchev–Trinajstić information content (AvgIpc) is 2.66. The van der Waals surface area contributed by atoms with Crippen molar-refractivity contribution in [2.75, 3.05) is 13.7 Å². The Hall–Kier alpha value is -2.50. The molecule has 1 aliphatic heterocycles. The molecule has 1 atom stereocenters. The number of nitrogens with one attached hydrogen (secondary N) is 1. The first-order valence-electron chi connectivity index (χ1n) is 8.40. The minimum absolute atomic E-state index is 0.206.